The van der Waals surface area contributed by atoms with Gasteiger partial charge in [0.1, 0.15) is 0 Å². The van der Waals surface area contributed by atoms with E-state index in [0.717, 1.165) is 18.9 Å². The molecular formula is C22H39O4. The Labute approximate surface area is 160 Å². The van der Waals surface area contributed by atoms with E-state index in [1.165, 1.54) is 89.9 Å². The molecule has 26 heavy (non-hydrogen) atoms. The first-order valence-electron chi connectivity index (χ1n) is 10.7. The molecule has 0 aliphatic rings. The van der Waals surface area contributed by atoms with Gasteiger partial charge < -0.3 is 4.74 Å². The van der Waals surface area contributed by atoms with Gasteiger partial charge in [-0.2, -0.15) is 0 Å². The molecule has 0 unspecified atom stereocenters. The molecule has 0 aromatic carbocycles. The molecule has 0 rings (SSSR count). The number of carbonyl (C=O) groups is 2. The zero-order valence-electron chi connectivity index (χ0n) is 16.8. The standard InChI is InChI=1S/C22H39O4/c1-2-3-4-5-6-7-8-9-10-11-12-13-14-15-16-17-20-26-22(25)19-18-21(23)24/h18-19H,2-17,20H2,1H3/b19-18-. The number of hydrogen-bond donors (Lipinski definition) is 0. The second kappa shape index (κ2) is 20.0. The van der Waals surface area contributed by atoms with Crippen LogP contribution in [0.2, 0.25) is 0 Å². The zero-order valence-corrected chi connectivity index (χ0v) is 16.8. The average molecular weight is 368 g/mol. The fourth-order valence-electron chi connectivity index (χ4n) is 3.01. The van der Waals surface area contributed by atoms with Gasteiger partial charge in [0.05, 0.1) is 6.61 Å². The quantitative estimate of drug-likeness (QED) is 0.153. The van der Waals surface area contributed by atoms with Gasteiger partial charge in [-0.15, -0.1) is 0 Å². The summed E-state index contributed by atoms with van der Waals surface area (Å²) >= 11 is 0. The Morgan fingerprint density at radius 1 is 0.615 bits per heavy atom. The molecule has 0 aromatic rings. The molecule has 4 nitrogen and oxygen atoms in total. The molecule has 0 bridgehead atoms. The number of ether oxygens (including phenoxy) is 1. The molecule has 0 atom stereocenters. The molecule has 0 N–H and O–H groups in total. The maximum Gasteiger partial charge on any atom is 0.379 e. The summed E-state index contributed by atoms with van der Waals surface area (Å²) in [6.45, 7) is 2.62. The Balaban J connectivity index is 3.13. The Morgan fingerprint density at radius 2 is 1.00 bits per heavy atom. The van der Waals surface area contributed by atoms with Crippen molar-refractivity contribution in [1.82, 2.24) is 0 Å². The maximum atomic E-state index is 11.1. The highest BCUT2D eigenvalue weighted by Gasteiger charge is 1.99. The second-order valence-corrected chi connectivity index (χ2v) is 7.12. The molecule has 4 heteroatoms. The molecule has 0 spiro atoms. The van der Waals surface area contributed by atoms with Gasteiger partial charge >= 0.3 is 11.9 Å². The number of hydrogen-bond acceptors (Lipinski definition) is 3. The molecular weight excluding hydrogens is 328 g/mol. The van der Waals surface area contributed by atoms with Crippen LogP contribution in [-0.4, -0.2) is 18.5 Å². The van der Waals surface area contributed by atoms with E-state index in [1.54, 1.807) is 0 Å². The maximum absolute atomic E-state index is 11.1. The van der Waals surface area contributed by atoms with Crippen molar-refractivity contribution < 1.29 is 19.4 Å². The summed E-state index contributed by atoms with van der Waals surface area (Å²) in [7, 11) is 0. The minimum atomic E-state index is -1.38. The van der Waals surface area contributed by atoms with Gasteiger partial charge in [0.15, 0.2) is 0 Å². The van der Waals surface area contributed by atoms with E-state index in [2.05, 4.69) is 6.92 Å². The third-order valence-electron chi connectivity index (χ3n) is 4.60. The smallest absolute Gasteiger partial charge is 0.379 e. The van der Waals surface area contributed by atoms with Gasteiger partial charge in [0.25, 0.3) is 0 Å². The summed E-state index contributed by atoms with van der Waals surface area (Å²) in [4.78, 5) is 21.2. The van der Waals surface area contributed by atoms with Gasteiger partial charge in [-0.1, -0.05) is 103 Å². The van der Waals surface area contributed by atoms with Crippen LogP contribution in [0.4, 0.5) is 0 Å². The highest BCUT2D eigenvalue weighted by molar-refractivity contribution is 5.90. The van der Waals surface area contributed by atoms with Crippen LogP contribution in [0.25, 0.3) is 0 Å². The topological polar surface area (TPSA) is 63.3 Å². The van der Waals surface area contributed by atoms with E-state index < -0.39 is 11.9 Å². The average Bonchev–Trinajstić information content (AvgIpc) is 2.62. The number of esters is 1. The van der Waals surface area contributed by atoms with Crippen LogP contribution >= 0.6 is 0 Å². The van der Waals surface area contributed by atoms with E-state index in [9.17, 15) is 14.7 Å². The molecule has 0 heterocycles. The lowest BCUT2D eigenvalue weighted by Crippen LogP contribution is -2.03. The van der Waals surface area contributed by atoms with Crippen LogP contribution in [-0.2, 0) is 19.4 Å². The minimum Gasteiger partial charge on any atom is -0.463 e. The largest absolute Gasteiger partial charge is 0.463 e. The van der Waals surface area contributed by atoms with Crippen molar-refractivity contribution in [3.05, 3.63) is 12.2 Å². The van der Waals surface area contributed by atoms with Crippen molar-refractivity contribution in [1.29, 1.82) is 0 Å². The molecule has 0 saturated heterocycles. The highest BCUT2D eigenvalue weighted by atomic mass is 16.5. The SMILES string of the molecule is CCCCCCCCCCCCCCCCCCOC(=O)/C=C\C([O])=O. The summed E-state index contributed by atoms with van der Waals surface area (Å²) < 4.78 is 4.89. The lowest BCUT2D eigenvalue weighted by molar-refractivity contribution is -0.140. The third kappa shape index (κ3) is 20.7. The van der Waals surface area contributed by atoms with Crippen LogP contribution < -0.4 is 0 Å². The molecule has 0 aliphatic heterocycles. The Kier molecular flexibility index (Phi) is 19.0. The number of carbonyl (C=O) groups excluding carboxylic acids is 2. The van der Waals surface area contributed by atoms with Crippen LogP contribution in [0.5, 0.6) is 0 Å². The van der Waals surface area contributed by atoms with Crippen LogP contribution in [0.1, 0.15) is 110 Å². The molecule has 0 aliphatic carbocycles. The van der Waals surface area contributed by atoms with E-state index >= 15 is 0 Å². The first kappa shape index (κ1) is 24.7. The molecule has 0 aromatic heterocycles. The van der Waals surface area contributed by atoms with Crippen molar-refractivity contribution in [2.75, 3.05) is 6.61 Å². The number of rotatable bonds is 19. The summed E-state index contributed by atoms with van der Waals surface area (Å²) in [6.07, 6.45) is 22.4. The van der Waals surface area contributed by atoms with Crippen molar-refractivity contribution in [2.45, 2.75) is 110 Å². The highest BCUT2D eigenvalue weighted by Crippen LogP contribution is 2.13. The Bertz CT molecular complexity index is 363. The predicted molar refractivity (Wildman–Crippen MR) is 105 cm³/mol. The lowest BCUT2D eigenvalue weighted by Gasteiger charge is -2.04. The molecule has 1 radical (unpaired) electrons. The van der Waals surface area contributed by atoms with Crippen molar-refractivity contribution in [2.24, 2.45) is 0 Å². The zero-order chi connectivity index (χ0) is 19.3. The predicted octanol–water partition coefficient (Wildman–Crippen LogP) is 6.30. The van der Waals surface area contributed by atoms with Crippen molar-refractivity contribution in [3.63, 3.8) is 0 Å². The fraction of sp³-hybridized carbons (Fsp3) is 0.818. The van der Waals surface area contributed by atoms with Crippen LogP contribution in [0, 0.1) is 0 Å². The van der Waals surface area contributed by atoms with Crippen LogP contribution in [0.3, 0.4) is 0 Å². The molecule has 0 fully saturated rings. The fourth-order valence-corrected chi connectivity index (χ4v) is 3.01. The van der Waals surface area contributed by atoms with Crippen molar-refractivity contribution >= 4 is 11.9 Å². The van der Waals surface area contributed by atoms with Crippen LogP contribution in [0.15, 0.2) is 12.2 Å². The molecule has 0 saturated carbocycles. The Hall–Kier alpha value is -1.32. The van der Waals surface area contributed by atoms with Gasteiger partial charge in [0, 0.05) is 12.2 Å². The van der Waals surface area contributed by atoms with Gasteiger partial charge in [-0.3, -0.25) is 0 Å². The monoisotopic (exact) mass is 367 g/mol. The first-order valence-corrected chi connectivity index (χ1v) is 10.7. The van der Waals surface area contributed by atoms with Gasteiger partial charge in [-0.25, -0.2) is 14.7 Å². The van der Waals surface area contributed by atoms with E-state index in [4.69, 9.17) is 4.74 Å². The van der Waals surface area contributed by atoms with E-state index in [-0.39, 0.29) is 0 Å². The second-order valence-electron chi connectivity index (χ2n) is 7.12. The van der Waals surface area contributed by atoms with Gasteiger partial charge in [0.2, 0.25) is 0 Å². The van der Waals surface area contributed by atoms with Gasteiger partial charge in [-0.05, 0) is 6.42 Å². The normalized spacial score (nSPS) is 11.1. The van der Waals surface area contributed by atoms with E-state index in [1.807, 2.05) is 0 Å². The summed E-state index contributed by atoms with van der Waals surface area (Å²) in [5.41, 5.74) is 0. The van der Waals surface area contributed by atoms with E-state index in [0.29, 0.717) is 12.7 Å². The third-order valence-corrected chi connectivity index (χ3v) is 4.60. The van der Waals surface area contributed by atoms with Crippen molar-refractivity contribution in [3.8, 4) is 0 Å². The molecule has 0 amide bonds. The minimum absolute atomic E-state index is 0.356. The lowest BCUT2D eigenvalue weighted by atomic mass is 10.0. The Morgan fingerprint density at radius 3 is 1.38 bits per heavy atom. The number of unbranched alkanes of at least 4 members (excludes halogenated alkanes) is 15. The molecule has 151 valence electrons. The summed E-state index contributed by atoms with van der Waals surface area (Å²) in [5.74, 6) is -2.00. The first-order chi connectivity index (χ1) is 12.7. The summed E-state index contributed by atoms with van der Waals surface area (Å²) in [5, 5.41) is 10.1. The summed E-state index contributed by atoms with van der Waals surface area (Å²) in [6, 6.07) is 0.